The topological polar surface area (TPSA) is 79.2 Å². The van der Waals surface area contributed by atoms with Crippen molar-refractivity contribution >= 4 is 17.6 Å². The molecule has 0 aromatic heterocycles. The molecular weight excluding hydrogens is 316 g/mol. The van der Waals surface area contributed by atoms with Crippen LogP contribution < -0.4 is 5.32 Å². The van der Waals surface area contributed by atoms with Crippen molar-refractivity contribution in [1.29, 1.82) is 5.26 Å². The summed E-state index contributed by atoms with van der Waals surface area (Å²) in [6.07, 6.45) is -0.690. The normalized spacial score (nSPS) is 12.5. The number of benzene rings is 2. The van der Waals surface area contributed by atoms with E-state index in [-0.39, 0.29) is 12.3 Å². The molecule has 0 aliphatic carbocycles. The summed E-state index contributed by atoms with van der Waals surface area (Å²) in [7, 11) is 0. The molecule has 1 amide bonds. The lowest BCUT2D eigenvalue weighted by molar-refractivity contribution is -0.153. The molecule has 0 spiro atoms. The van der Waals surface area contributed by atoms with E-state index in [0.717, 1.165) is 5.56 Å². The fourth-order valence-electron chi connectivity index (χ4n) is 2.32. The zero-order valence-corrected chi connectivity index (χ0v) is 14.2. The van der Waals surface area contributed by atoms with Crippen LogP contribution in [0.3, 0.4) is 0 Å². The quantitative estimate of drug-likeness (QED) is 0.817. The molecule has 2 aromatic carbocycles. The van der Waals surface area contributed by atoms with Crippen LogP contribution in [0.25, 0.3) is 0 Å². The van der Waals surface area contributed by atoms with Gasteiger partial charge in [-0.1, -0.05) is 37.3 Å². The number of nitriles is 1. The van der Waals surface area contributed by atoms with Crippen LogP contribution in [0.2, 0.25) is 0 Å². The van der Waals surface area contributed by atoms with E-state index in [1.165, 1.54) is 6.92 Å². The van der Waals surface area contributed by atoms with Crippen molar-refractivity contribution in [2.45, 2.75) is 32.3 Å². The predicted octanol–water partition coefficient (Wildman–Crippen LogP) is 3.62. The van der Waals surface area contributed by atoms with Crippen molar-refractivity contribution in [3.05, 3.63) is 65.7 Å². The van der Waals surface area contributed by atoms with Gasteiger partial charge in [0.2, 0.25) is 0 Å². The lowest BCUT2D eigenvalue weighted by atomic mass is 9.98. The first-order chi connectivity index (χ1) is 12.0. The van der Waals surface area contributed by atoms with Gasteiger partial charge in [0, 0.05) is 5.69 Å². The summed E-state index contributed by atoms with van der Waals surface area (Å²) in [5.41, 5.74) is 2.10. The van der Waals surface area contributed by atoms with Crippen molar-refractivity contribution in [2.24, 2.45) is 0 Å². The first-order valence-electron chi connectivity index (χ1n) is 8.05. The Hall–Kier alpha value is -3.13. The van der Waals surface area contributed by atoms with Crippen molar-refractivity contribution in [1.82, 2.24) is 0 Å². The lowest BCUT2D eigenvalue weighted by Gasteiger charge is -2.16. The summed E-state index contributed by atoms with van der Waals surface area (Å²) >= 11 is 0. The fraction of sp³-hybridized carbons (Fsp3) is 0.250. The number of nitrogens with one attached hydrogen (secondary N) is 1. The molecule has 2 aromatic rings. The number of ether oxygens (including phenoxy) is 1. The van der Waals surface area contributed by atoms with Crippen LogP contribution in [0.15, 0.2) is 54.6 Å². The Kier molecular flexibility index (Phi) is 6.30. The van der Waals surface area contributed by atoms with Crippen LogP contribution in [-0.2, 0) is 14.3 Å². The molecular formula is C20H20N2O3. The fourth-order valence-corrected chi connectivity index (χ4v) is 2.32. The van der Waals surface area contributed by atoms with Gasteiger partial charge in [0.15, 0.2) is 6.10 Å². The Morgan fingerprint density at radius 3 is 2.32 bits per heavy atom. The molecule has 2 atom stereocenters. The van der Waals surface area contributed by atoms with E-state index in [9.17, 15) is 9.59 Å². The maximum Gasteiger partial charge on any atom is 0.307 e. The molecule has 0 saturated carbocycles. The number of esters is 1. The smallest absolute Gasteiger partial charge is 0.307 e. The first-order valence-corrected chi connectivity index (χ1v) is 8.05. The van der Waals surface area contributed by atoms with Crippen molar-refractivity contribution in [3.8, 4) is 6.07 Å². The minimum atomic E-state index is -0.897. The Bertz CT molecular complexity index is 764. The van der Waals surface area contributed by atoms with Crippen molar-refractivity contribution < 1.29 is 14.3 Å². The predicted molar refractivity (Wildman–Crippen MR) is 94.8 cm³/mol. The molecule has 1 N–H and O–H groups in total. The number of rotatable bonds is 6. The average molecular weight is 336 g/mol. The molecule has 128 valence electrons. The molecule has 0 saturated heterocycles. The third-order valence-electron chi connectivity index (χ3n) is 3.80. The number of nitrogens with zero attached hydrogens (tertiary/aromatic N) is 1. The summed E-state index contributed by atoms with van der Waals surface area (Å²) in [6.45, 7) is 3.47. The van der Waals surface area contributed by atoms with Crippen LogP contribution in [0.4, 0.5) is 5.69 Å². The van der Waals surface area contributed by atoms with Gasteiger partial charge in [-0.15, -0.1) is 0 Å². The van der Waals surface area contributed by atoms with Gasteiger partial charge in [-0.25, -0.2) is 0 Å². The monoisotopic (exact) mass is 336 g/mol. The Morgan fingerprint density at radius 2 is 1.72 bits per heavy atom. The van der Waals surface area contributed by atoms with Gasteiger partial charge in [0.1, 0.15) is 0 Å². The number of anilines is 1. The van der Waals surface area contributed by atoms with Crippen LogP contribution in [0.1, 0.15) is 37.3 Å². The lowest BCUT2D eigenvalue weighted by Crippen LogP contribution is -2.30. The summed E-state index contributed by atoms with van der Waals surface area (Å²) in [4.78, 5) is 24.1. The van der Waals surface area contributed by atoms with Crippen LogP contribution in [0.5, 0.6) is 0 Å². The molecule has 0 aliphatic rings. The standard InChI is InChI=1S/C20H20N2O3/c1-14(17-6-4-3-5-7-17)12-19(23)25-15(2)20(24)22-18-10-8-16(13-21)9-11-18/h3-11,14-15H,12H2,1-2H3,(H,22,24)/t14-,15+/m0/s1. The highest BCUT2D eigenvalue weighted by molar-refractivity contribution is 5.95. The molecule has 0 fully saturated rings. The van der Waals surface area contributed by atoms with Gasteiger partial charge < -0.3 is 10.1 Å². The molecule has 0 unspecified atom stereocenters. The molecule has 2 rings (SSSR count). The molecule has 5 heteroatoms. The second-order valence-corrected chi connectivity index (χ2v) is 5.83. The van der Waals surface area contributed by atoms with E-state index in [1.807, 2.05) is 43.3 Å². The third kappa shape index (κ3) is 5.47. The highest BCUT2D eigenvalue weighted by atomic mass is 16.5. The summed E-state index contributed by atoms with van der Waals surface area (Å²) < 4.78 is 5.22. The summed E-state index contributed by atoms with van der Waals surface area (Å²) in [5.74, 6) is -0.813. The largest absolute Gasteiger partial charge is 0.453 e. The second kappa shape index (κ2) is 8.65. The second-order valence-electron chi connectivity index (χ2n) is 5.83. The van der Waals surface area contributed by atoms with Crippen molar-refractivity contribution in [2.75, 3.05) is 5.32 Å². The first kappa shape index (κ1) is 18.2. The van der Waals surface area contributed by atoms with E-state index >= 15 is 0 Å². The Labute approximate surface area is 147 Å². The van der Waals surface area contributed by atoms with Crippen LogP contribution >= 0.6 is 0 Å². The number of carbonyl (C=O) groups is 2. The minimum Gasteiger partial charge on any atom is -0.453 e. The number of carbonyl (C=O) groups excluding carboxylic acids is 2. The summed E-state index contributed by atoms with van der Waals surface area (Å²) in [5, 5.41) is 11.4. The van der Waals surface area contributed by atoms with E-state index in [0.29, 0.717) is 11.3 Å². The van der Waals surface area contributed by atoms with Gasteiger partial charge in [-0.3, -0.25) is 9.59 Å². The Morgan fingerprint density at radius 1 is 1.08 bits per heavy atom. The van der Waals surface area contributed by atoms with Gasteiger partial charge in [-0.05, 0) is 42.7 Å². The Balaban J connectivity index is 1.85. The van der Waals surface area contributed by atoms with E-state index < -0.39 is 18.0 Å². The van der Waals surface area contributed by atoms with Gasteiger partial charge >= 0.3 is 5.97 Å². The zero-order chi connectivity index (χ0) is 18.2. The molecule has 25 heavy (non-hydrogen) atoms. The number of hydrogen-bond acceptors (Lipinski definition) is 4. The van der Waals surface area contributed by atoms with Crippen molar-refractivity contribution in [3.63, 3.8) is 0 Å². The SMILES string of the molecule is C[C@@H](OC(=O)C[C@H](C)c1ccccc1)C(=O)Nc1ccc(C#N)cc1. The maximum absolute atomic E-state index is 12.1. The van der Waals surface area contributed by atoms with Gasteiger partial charge in [-0.2, -0.15) is 5.26 Å². The minimum absolute atomic E-state index is 0.0162. The van der Waals surface area contributed by atoms with E-state index in [4.69, 9.17) is 10.00 Å². The number of hydrogen-bond donors (Lipinski definition) is 1. The van der Waals surface area contributed by atoms with Crippen LogP contribution in [-0.4, -0.2) is 18.0 Å². The maximum atomic E-state index is 12.1. The molecule has 0 radical (unpaired) electrons. The third-order valence-corrected chi connectivity index (χ3v) is 3.80. The highest BCUT2D eigenvalue weighted by Gasteiger charge is 2.20. The van der Waals surface area contributed by atoms with E-state index in [2.05, 4.69) is 5.32 Å². The van der Waals surface area contributed by atoms with Crippen LogP contribution in [0, 0.1) is 11.3 Å². The molecule has 0 heterocycles. The average Bonchev–Trinajstić information content (AvgIpc) is 2.62. The summed E-state index contributed by atoms with van der Waals surface area (Å²) in [6, 6.07) is 18.1. The number of amides is 1. The molecule has 0 aliphatic heterocycles. The molecule has 0 bridgehead atoms. The van der Waals surface area contributed by atoms with Gasteiger partial charge in [0.05, 0.1) is 18.1 Å². The highest BCUT2D eigenvalue weighted by Crippen LogP contribution is 2.19. The zero-order valence-electron chi connectivity index (χ0n) is 14.2. The van der Waals surface area contributed by atoms with E-state index in [1.54, 1.807) is 24.3 Å². The van der Waals surface area contributed by atoms with Gasteiger partial charge in [0.25, 0.3) is 5.91 Å². The molecule has 5 nitrogen and oxygen atoms in total.